The van der Waals surface area contributed by atoms with Crippen molar-refractivity contribution in [3.8, 4) is 11.4 Å². The molecular formula is C20H21F2N3O. The summed E-state index contributed by atoms with van der Waals surface area (Å²) in [6.07, 6.45) is 1.83. The first-order chi connectivity index (χ1) is 12.6. The van der Waals surface area contributed by atoms with E-state index in [2.05, 4.69) is 15.2 Å². The number of hydrogen-bond donors (Lipinski definition) is 1. The molecule has 2 aromatic carbocycles. The van der Waals surface area contributed by atoms with E-state index in [1.165, 1.54) is 0 Å². The van der Waals surface area contributed by atoms with Gasteiger partial charge in [0.05, 0.1) is 11.9 Å². The number of nitrogens with zero attached hydrogens (tertiary/aromatic N) is 2. The minimum atomic E-state index is -2.83. The molecule has 1 aromatic heterocycles. The highest BCUT2D eigenvalue weighted by Crippen LogP contribution is 2.23. The maximum absolute atomic E-state index is 12.5. The standard InChI is InChI=1S/C20H21F2N3O/c1-14(23-12-16-8-6-7-11-19(16)26-20(21)22)18-13-24-25(15(18)2)17-9-4-3-5-10-17/h3-11,13-14,20,23H,12H2,1-2H3/t14-/m1/s1. The molecule has 3 rings (SSSR count). The molecule has 1 heterocycles. The molecule has 0 bridgehead atoms. The van der Waals surface area contributed by atoms with Crippen molar-refractivity contribution in [1.82, 2.24) is 15.1 Å². The van der Waals surface area contributed by atoms with Gasteiger partial charge in [-0.2, -0.15) is 13.9 Å². The Bertz CT molecular complexity index is 849. The normalized spacial score (nSPS) is 12.3. The number of alkyl halides is 2. The molecule has 6 heteroatoms. The summed E-state index contributed by atoms with van der Waals surface area (Å²) in [6, 6.07) is 16.7. The number of benzene rings is 2. The van der Waals surface area contributed by atoms with E-state index in [1.54, 1.807) is 24.3 Å². The Hall–Kier alpha value is -2.73. The van der Waals surface area contributed by atoms with Crippen LogP contribution in [0, 0.1) is 6.92 Å². The highest BCUT2D eigenvalue weighted by atomic mass is 19.3. The van der Waals surface area contributed by atoms with Crippen molar-refractivity contribution < 1.29 is 13.5 Å². The zero-order valence-electron chi connectivity index (χ0n) is 14.7. The summed E-state index contributed by atoms with van der Waals surface area (Å²) in [5.41, 5.74) is 3.78. The van der Waals surface area contributed by atoms with Crippen molar-refractivity contribution in [1.29, 1.82) is 0 Å². The molecule has 0 unspecified atom stereocenters. The van der Waals surface area contributed by atoms with Gasteiger partial charge in [0.25, 0.3) is 0 Å². The van der Waals surface area contributed by atoms with Crippen molar-refractivity contribution in [3.63, 3.8) is 0 Å². The lowest BCUT2D eigenvalue weighted by Gasteiger charge is -2.16. The fraction of sp³-hybridized carbons (Fsp3) is 0.250. The summed E-state index contributed by atoms with van der Waals surface area (Å²) in [6.45, 7) is 1.62. The smallest absolute Gasteiger partial charge is 0.387 e. The van der Waals surface area contributed by atoms with Crippen LogP contribution in [0.1, 0.15) is 29.8 Å². The fourth-order valence-corrected chi connectivity index (χ4v) is 2.91. The van der Waals surface area contributed by atoms with Gasteiger partial charge in [0, 0.05) is 29.4 Å². The molecule has 0 aliphatic rings. The lowest BCUT2D eigenvalue weighted by molar-refractivity contribution is -0.0505. The molecule has 26 heavy (non-hydrogen) atoms. The van der Waals surface area contributed by atoms with Crippen LogP contribution < -0.4 is 10.1 Å². The highest BCUT2D eigenvalue weighted by molar-refractivity contribution is 5.36. The lowest BCUT2D eigenvalue weighted by Crippen LogP contribution is -2.19. The van der Waals surface area contributed by atoms with Gasteiger partial charge in [-0.1, -0.05) is 36.4 Å². The number of para-hydroxylation sites is 2. The first-order valence-corrected chi connectivity index (χ1v) is 8.42. The zero-order chi connectivity index (χ0) is 18.5. The third kappa shape index (κ3) is 4.08. The van der Waals surface area contributed by atoms with Crippen LogP contribution in [-0.2, 0) is 6.54 Å². The molecule has 0 spiro atoms. The Kier molecular flexibility index (Phi) is 5.63. The molecule has 136 valence electrons. The summed E-state index contributed by atoms with van der Waals surface area (Å²) < 4.78 is 31.5. The third-order valence-electron chi connectivity index (χ3n) is 4.30. The maximum atomic E-state index is 12.5. The second-order valence-electron chi connectivity index (χ2n) is 6.02. The molecule has 1 atom stereocenters. The first-order valence-electron chi connectivity index (χ1n) is 8.42. The molecule has 0 saturated carbocycles. The second kappa shape index (κ2) is 8.10. The van der Waals surface area contributed by atoms with E-state index in [0.29, 0.717) is 12.1 Å². The molecule has 0 aliphatic heterocycles. The van der Waals surface area contributed by atoms with Crippen LogP contribution in [0.25, 0.3) is 5.69 Å². The zero-order valence-corrected chi connectivity index (χ0v) is 14.7. The van der Waals surface area contributed by atoms with Gasteiger partial charge < -0.3 is 10.1 Å². The van der Waals surface area contributed by atoms with E-state index in [9.17, 15) is 8.78 Å². The summed E-state index contributed by atoms with van der Waals surface area (Å²) in [5, 5.41) is 7.83. The molecule has 0 aliphatic carbocycles. The predicted octanol–water partition coefficient (Wildman–Crippen LogP) is 4.63. The molecular weight excluding hydrogens is 336 g/mol. The Balaban J connectivity index is 1.72. The van der Waals surface area contributed by atoms with Gasteiger partial charge in [-0.25, -0.2) is 4.68 Å². The van der Waals surface area contributed by atoms with Crippen LogP contribution in [0.3, 0.4) is 0 Å². The molecule has 3 aromatic rings. The summed E-state index contributed by atoms with van der Waals surface area (Å²) in [4.78, 5) is 0. The van der Waals surface area contributed by atoms with Crippen molar-refractivity contribution in [3.05, 3.63) is 77.6 Å². The average molecular weight is 357 g/mol. The third-order valence-corrected chi connectivity index (χ3v) is 4.30. The SMILES string of the molecule is Cc1c([C@@H](C)NCc2ccccc2OC(F)F)cnn1-c1ccccc1. The van der Waals surface area contributed by atoms with E-state index in [1.807, 2.05) is 55.1 Å². The van der Waals surface area contributed by atoms with E-state index >= 15 is 0 Å². The number of ether oxygens (including phenoxy) is 1. The van der Waals surface area contributed by atoms with Crippen LogP contribution >= 0.6 is 0 Å². The van der Waals surface area contributed by atoms with E-state index < -0.39 is 6.61 Å². The van der Waals surface area contributed by atoms with Gasteiger partial charge in [-0.15, -0.1) is 0 Å². The van der Waals surface area contributed by atoms with Crippen LogP contribution in [0.5, 0.6) is 5.75 Å². The van der Waals surface area contributed by atoms with Gasteiger partial charge in [0.15, 0.2) is 0 Å². The van der Waals surface area contributed by atoms with Gasteiger partial charge in [-0.3, -0.25) is 0 Å². The molecule has 0 amide bonds. The number of aromatic nitrogens is 2. The van der Waals surface area contributed by atoms with Gasteiger partial charge in [0.1, 0.15) is 5.75 Å². The number of hydrogen-bond acceptors (Lipinski definition) is 3. The van der Waals surface area contributed by atoms with Gasteiger partial charge >= 0.3 is 6.61 Å². The molecule has 0 radical (unpaired) electrons. The van der Waals surface area contributed by atoms with Crippen molar-refractivity contribution in [2.45, 2.75) is 33.0 Å². The Morgan fingerprint density at radius 1 is 1.08 bits per heavy atom. The van der Waals surface area contributed by atoms with E-state index in [-0.39, 0.29) is 11.8 Å². The minimum absolute atomic E-state index is 0.00654. The lowest BCUT2D eigenvalue weighted by atomic mass is 10.1. The summed E-state index contributed by atoms with van der Waals surface area (Å²) in [5.74, 6) is 0.193. The minimum Gasteiger partial charge on any atom is -0.434 e. The molecule has 4 nitrogen and oxygen atoms in total. The Morgan fingerprint density at radius 3 is 2.50 bits per heavy atom. The van der Waals surface area contributed by atoms with Crippen molar-refractivity contribution in [2.24, 2.45) is 0 Å². The van der Waals surface area contributed by atoms with Crippen LogP contribution in [0.15, 0.2) is 60.8 Å². The van der Waals surface area contributed by atoms with Crippen LogP contribution in [-0.4, -0.2) is 16.4 Å². The predicted molar refractivity (Wildman–Crippen MR) is 96.6 cm³/mol. The molecule has 1 N–H and O–H groups in total. The first kappa shape index (κ1) is 18.1. The fourth-order valence-electron chi connectivity index (χ4n) is 2.91. The summed E-state index contributed by atoms with van der Waals surface area (Å²) in [7, 11) is 0. The average Bonchev–Trinajstić information content (AvgIpc) is 3.02. The summed E-state index contributed by atoms with van der Waals surface area (Å²) >= 11 is 0. The number of nitrogens with one attached hydrogen (secondary N) is 1. The van der Waals surface area contributed by atoms with Crippen LogP contribution in [0.2, 0.25) is 0 Å². The largest absolute Gasteiger partial charge is 0.434 e. The van der Waals surface area contributed by atoms with Gasteiger partial charge in [0.2, 0.25) is 0 Å². The van der Waals surface area contributed by atoms with E-state index in [0.717, 1.165) is 16.9 Å². The highest BCUT2D eigenvalue weighted by Gasteiger charge is 2.15. The van der Waals surface area contributed by atoms with Crippen LogP contribution in [0.4, 0.5) is 8.78 Å². The maximum Gasteiger partial charge on any atom is 0.387 e. The quantitative estimate of drug-likeness (QED) is 0.670. The molecule has 0 fully saturated rings. The Labute approximate surface area is 151 Å². The number of rotatable bonds is 7. The van der Waals surface area contributed by atoms with Crippen molar-refractivity contribution in [2.75, 3.05) is 0 Å². The second-order valence-corrected chi connectivity index (χ2v) is 6.02. The monoisotopic (exact) mass is 357 g/mol. The topological polar surface area (TPSA) is 39.1 Å². The number of halogens is 2. The Morgan fingerprint density at radius 2 is 1.77 bits per heavy atom. The van der Waals surface area contributed by atoms with Gasteiger partial charge in [-0.05, 0) is 32.0 Å². The molecule has 0 saturated heterocycles. The van der Waals surface area contributed by atoms with Crippen molar-refractivity contribution >= 4 is 0 Å². The van der Waals surface area contributed by atoms with E-state index in [4.69, 9.17) is 0 Å².